The van der Waals surface area contributed by atoms with Crippen LogP contribution in [0.5, 0.6) is 0 Å². The first kappa shape index (κ1) is 16.3. The van der Waals surface area contributed by atoms with Gasteiger partial charge in [0.1, 0.15) is 0 Å². The Bertz CT molecular complexity index is 238. The van der Waals surface area contributed by atoms with Gasteiger partial charge in [-0.2, -0.15) is 0 Å². The zero-order valence-electron chi connectivity index (χ0n) is 11.9. The quantitative estimate of drug-likeness (QED) is 0.651. The van der Waals surface area contributed by atoms with Crippen molar-refractivity contribution in [1.29, 1.82) is 0 Å². The smallest absolute Gasteiger partial charge is 0.0885 e. The summed E-state index contributed by atoms with van der Waals surface area (Å²) in [4.78, 5) is 0. The average Bonchev–Trinajstić information content (AvgIpc) is 2.16. The first-order valence-electron chi connectivity index (χ1n) is 6.06. The number of hydrogen-bond donors (Lipinski definition) is 2. The summed E-state index contributed by atoms with van der Waals surface area (Å²) in [6, 6.07) is 0. The van der Waals surface area contributed by atoms with E-state index in [0.717, 1.165) is 19.4 Å². The Kier molecular flexibility index (Phi) is 6.57. The van der Waals surface area contributed by atoms with Gasteiger partial charge in [-0.3, -0.25) is 0 Å². The molecule has 0 amide bonds. The normalized spacial score (nSPS) is 12.5. The second-order valence-electron chi connectivity index (χ2n) is 5.52. The number of hydrogen-bond acceptors (Lipinski definition) is 4. The highest BCUT2D eigenvalue weighted by Crippen LogP contribution is 2.18. The van der Waals surface area contributed by atoms with E-state index in [1.165, 1.54) is 0 Å². The van der Waals surface area contributed by atoms with Crippen molar-refractivity contribution in [2.24, 2.45) is 5.73 Å². The lowest BCUT2D eigenvalue weighted by atomic mass is 10.0. The van der Waals surface area contributed by atoms with Crippen LogP contribution >= 0.6 is 0 Å². The Hall–Kier alpha value is -0.740. The molecule has 0 spiro atoms. The Balaban J connectivity index is 3.81. The molecule has 3 N–H and O–H groups in total. The molecule has 0 aromatic carbocycles. The van der Waals surface area contributed by atoms with E-state index in [2.05, 4.69) is 39.6 Å². The molecule has 0 radical (unpaired) electrons. The van der Waals surface area contributed by atoms with Crippen LogP contribution in [-0.4, -0.2) is 31.5 Å². The maximum absolute atomic E-state index is 5.86. The van der Waals surface area contributed by atoms with E-state index in [0.29, 0.717) is 12.4 Å². The van der Waals surface area contributed by atoms with E-state index >= 15 is 0 Å². The van der Waals surface area contributed by atoms with Crippen molar-refractivity contribution >= 4 is 0 Å². The van der Waals surface area contributed by atoms with Crippen LogP contribution in [0.4, 0.5) is 0 Å². The van der Waals surface area contributed by atoms with Gasteiger partial charge in [0.15, 0.2) is 0 Å². The van der Waals surface area contributed by atoms with Gasteiger partial charge in [-0.05, 0) is 40.5 Å². The predicted octanol–water partition coefficient (Wildman–Crippen LogP) is 2.01. The van der Waals surface area contributed by atoms with Crippen LogP contribution in [0.3, 0.4) is 0 Å². The first-order chi connectivity index (χ1) is 7.68. The zero-order valence-corrected chi connectivity index (χ0v) is 11.9. The third-order valence-electron chi connectivity index (χ3n) is 2.83. The molecule has 102 valence electrons. The van der Waals surface area contributed by atoms with Crippen LogP contribution in [0.15, 0.2) is 12.4 Å². The second kappa shape index (κ2) is 6.87. The van der Waals surface area contributed by atoms with Gasteiger partial charge in [0.05, 0.1) is 23.6 Å². The number of methoxy groups -OCH3 is 1. The van der Waals surface area contributed by atoms with Gasteiger partial charge >= 0.3 is 0 Å². The monoisotopic (exact) mass is 244 g/mol. The molecule has 4 heteroatoms. The fourth-order valence-electron chi connectivity index (χ4n) is 1.27. The van der Waals surface area contributed by atoms with Crippen molar-refractivity contribution in [3.05, 3.63) is 12.4 Å². The molecule has 0 rings (SSSR count). The molecule has 0 saturated carbocycles. The number of nitrogens with one attached hydrogen (secondary N) is 1. The lowest BCUT2D eigenvalue weighted by Crippen LogP contribution is -2.33. The number of rotatable bonds is 9. The summed E-state index contributed by atoms with van der Waals surface area (Å²) in [7, 11) is 1.72. The van der Waals surface area contributed by atoms with Gasteiger partial charge in [-0.15, -0.1) is 0 Å². The molecule has 17 heavy (non-hydrogen) atoms. The summed E-state index contributed by atoms with van der Waals surface area (Å²) in [6.45, 7) is 13.3. The summed E-state index contributed by atoms with van der Waals surface area (Å²) in [5, 5.41) is 3.00. The minimum Gasteiger partial charge on any atom is -0.386 e. The maximum Gasteiger partial charge on any atom is 0.0885 e. The molecular weight excluding hydrogens is 216 g/mol. The van der Waals surface area contributed by atoms with Gasteiger partial charge in [0.2, 0.25) is 0 Å². The topological polar surface area (TPSA) is 56.5 Å². The molecule has 0 fully saturated rings. The Labute approximate surface area is 106 Å². The zero-order chi connectivity index (χ0) is 13.5. The Morgan fingerprint density at radius 2 is 1.76 bits per heavy atom. The van der Waals surface area contributed by atoms with Crippen molar-refractivity contribution in [3.63, 3.8) is 0 Å². The molecule has 0 aromatic rings. The van der Waals surface area contributed by atoms with E-state index in [9.17, 15) is 0 Å². The molecule has 0 aliphatic rings. The third-order valence-corrected chi connectivity index (χ3v) is 2.83. The summed E-state index contributed by atoms with van der Waals surface area (Å²) in [6.07, 6.45) is 1.76. The maximum atomic E-state index is 5.86. The van der Waals surface area contributed by atoms with Gasteiger partial charge in [-0.1, -0.05) is 6.58 Å². The fraction of sp³-hybridized carbons (Fsp3) is 0.846. The van der Waals surface area contributed by atoms with E-state index in [4.69, 9.17) is 15.2 Å². The van der Waals surface area contributed by atoms with E-state index < -0.39 is 0 Å². The highest BCUT2D eigenvalue weighted by molar-refractivity contribution is 4.83. The van der Waals surface area contributed by atoms with Crippen LogP contribution in [0, 0.1) is 0 Å². The molecule has 0 saturated heterocycles. The second-order valence-corrected chi connectivity index (χ2v) is 5.52. The third kappa shape index (κ3) is 9.01. The molecule has 0 aliphatic carbocycles. The predicted molar refractivity (Wildman–Crippen MR) is 71.7 cm³/mol. The molecule has 0 aliphatic heterocycles. The summed E-state index contributed by atoms with van der Waals surface area (Å²) in [5.41, 5.74) is 5.15. The first-order valence-corrected chi connectivity index (χ1v) is 6.06. The van der Waals surface area contributed by atoms with Gasteiger partial charge in [-0.25, -0.2) is 0 Å². The summed E-state index contributed by atoms with van der Waals surface area (Å²) >= 11 is 0. The van der Waals surface area contributed by atoms with Gasteiger partial charge in [0, 0.05) is 13.7 Å². The van der Waals surface area contributed by atoms with Gasteiger partial charge in [0.25, 0.3) is 0 Å². The molecule has 0 atom stereocenters. The van der Waals surface area contributed by atoms with Crippen molar-refractivity contribution in [2.45, 2.75) is 51.7 Å². The minimum absolute atomic E-state index is 0.125. The van der Waals surface area contributed by atoms with Crippen molar-refractivity contribution in [1.82, 2.24) is 5.32 Å². The lowest BCUT2D eigenvalue weighted by molar-refractivity contribution is -0.0605. The van der Waals surface area contributed by atoms with Crippen LogP contribution in [0.1, 0.15) is 40.5 Å². The SMILES string of the molecule is C=C(N)NCCC(C)(C)OCCC(C)(C)OC. The van der Waals surface area contributed by atoms with E-state index in [1.54, 1.807) is 7.11 Å². The molecule has 0 heterocycles. The van der Waals surface area contributed by atoms with Crippen LogP contribution in [0.2, 0.25) is 0 Å². The summed E-state index contributed by atoms with van der Waals surface area (Å²) in [5.74, 6) is 0.501. The molecule has 0 aromatic heterocycles. The van der Waals surface area contributed by atoms with Crippen molar-refractivity contribution in [2.75, 3.05) is 20.3 Å². The van der Waals surface area contributed by atoms with E-state index in [1.807, 2.05) is 0 Å². The molecular formula is C13H28N2O2. The highest BCUT2D eigenvalue weighted by Gasteiger charge is 2.21. The van der Waals surface area contributed by atoms with E-state index in [-0.39, 0.29) is 11.2 Å². The minimum atomic E-state index is -0.160. The molecule has 0 unspecified atom stereocenters. The largest absolute Gasteiger partial charge is 0.386 e. The standard InChI is InChI=1S/C13H28N2O2/c1-11(14)15-9-7-13(4,5)17-10-8-12(2,3)16-6/h15H,1,7-10,14H2,2-6H3. The van der Waals surface area contributed by atoms with Gasteiger partial charge < -0.3 is 20.5 Å². The fourth-order valence-corrected chi connectivity index (χ4v) is 1.27. The van der Waals surface area contributed by atoms with Crippen molar-refractivity contribution in [3.8, 4) is 0 Å². The average molecular weight is 244 g/mol. The van der Waals surface area contributed by atoms with Crippen LogP contribution in [0.25, 0.3) is 0 Å². The lowest BCUT2D eigenvalue weighted by Gasteiger charge is -2.29. The Morgan fingerprint density at radius 1 is 1.18 bits per heavy atom. The number of ether oxygens (including phenoxy) is 2. The highest BCUT2D eigenvalue weighted by atomic mass is 16.5. The van der Waals surface area contributed by atoms with Crippen LogP contribution in [-0.2, 0) is 9.47 Å². The number of nitrogens with two attached hydrogens (primary N) is 1. The van der Waals surface area contributed by atoms with Crippen LogP contribution < -0.4 is 11.1 Å². The Morgan fingerprint density at radius 3 is 2.24 bits per heavy atom. The summed E-state index contributed by atoms with van der Waals surface area (Å²) < 4.78 is 11.2. The molecule has 4 nitrogen and oxygen atoms in total. The molecule has 0 bridgehead atoms. The van der Waals surface area contributed by atoms with Crippen molar-refractivity contribution < 1.29 is 9.47 Å².